The zero-order valence-corrected chi connectivity index (χ0v) is 12.1. The molecule has 2 heterocycles. The molecule has 2 aromatic rings. The van der Waals surface area contributed by atoms with Gasteiger partial charge in [-0.1, -0.05) is 20.8 Å². The van der Waals surface area contributed by atoms with Gasteiger partial charge >= 0.3 is 0 Å². The molecular weight excluding hydrogens is 258 g/mol. The molecule has 0 saturated heterocycles. The molecule has 0 spiro atoms. The number of fused-ring (bicyclic) bond motifs is 1. The summed E-state index contributed by atoms with van der Waals surface area (Å²) in [5.74, 6) is 0.340. The molecule has 2 rings (SSSR count). The molecule has 110 valence electrons. The highest BCUT2D eigenvalue weighted by Crippen LogP contribution is 2.15. The van der Waals surface area contributed by atoms with Gasteiger partial charge in [0, 0.05) is 0 Å². The van der Waals surface area contributed by atoms with Crippen LogP contribution in [0.3, 0.4) is 0 Å². The fourth-order valence-electron chi connectivity index (χ4n) is 1.81. The average molecular weight is 279 g/mol. The largest absolute Gasteiger partial charge is 0.389 e. The van der Waals surface area contributed by atoms with Gasteiger partial charge < -0.3 is 20.1 Å². The van der Waals surface area contributed by atoms with Crippen molar-refractivity contribution in [2.75, 3.05) is 18.9 Å². The maximum atomic E-state index is 10.00. The molecule has 7 nitrogen and oxygen atoms in total. The lowest BCUT2D eigenvalue weighted by Gasteiger charge is -2.19. The molecule has 3 N–H and O–H groups in total. The number of ether oxygens (including phenoxy) is 1. The van der Waals surface area contributed by atoms with Gasteiger partial charge in [-0.2, -0.15) is 0 Å². The molecule has 0 radical (unpaired) electrons. The number of anilines is 1. The van der Waals surface area contributed by atoms with E-state index in [4.69, 9.17) is 10.5 Å². The molecule has 0 bridgehead atoms. The fraction of sp³-hybridized carbons (Fsp3) is 0.615. The zero-order valence-electron chi connectivity index (χ0n) is 12.1. The minimum atomic E-state index is -0.620. The highest BCUT2D eigenvalue weighted by molar-refractivity contribution is 5.81. The number of nitrogens with zero attached hydrogens (tertiary/aromatic N) is 4. The summed E-state index contributed by atoms with van der Waals surface area (Å²) in [7, 11) is 0. The van der Waals surface area contributed by atoms with Crippen molar-refractivity contribution >= 4 is 17.0 Å². The second-order valence-corrected chi connectivity index (χ2v) is 6.06. The Labute approximate surface area is 117 Å². The number of hydrogen-bond donors (Lipinski definition) is 2. The van der Waals surface area contributed by atoms with Crippen molar-refractivity contribution in [1.82, 2.24) is 19.5 Å². The summed E-state index contributed by atoms with van der Waals surface area (Å²) in [5.41, 5.74) is 6.97. The molecule has 0 aliphatic heterocycles. The van der Waals surface area contributed by atoms with Crippen LogP contribution in [0, 0.1) is 5.41 Å². The van der Waals surface area contributed by atoms with Crippen LogP contribution in [0.4, 0.5) is 5.82 Å². The van der Waals surface area contributed by atoms with Crippen molar-refractivity contribution in [1.29, 1.82) is 0 Å². The molecular formula is C13H21N5O2. The van der Waals surface area contributed by atoms with Crippen molar-refractivity contribution in [3.05, 3.63) is 12.7 Å². The molecule has 0 aromatic carbocycles. The highest BCUT2D eigenvalue weighted by atomic mass is 16.5. The van der Waals surface area contributed by atoms with E-state index in [9.17, 15) is 5.11 Å². The summed E-state index contributed by atoms with van der Waals surface area (Å²) < 4.78 is 7.25. The van der Waals surface area contributed by atoms with E-state index in [2.05, 4.69) is 35.7 Å². The van der Waals surface area contributed by atoms with E-state index in [1.807, 2.05) is 0 Å². The van der Waals surface area contributed by atoms with Crippen LogP contribution in [-0.2, 0) is 11.3 Å². The lowest BCUT2D eigenvalue weighted by atomic mass is 9.99. The minimum absolute atomic E-state index is 0.0864. The van der Waals surface area contributed by atoms with Gasteiger partial charge in [0.15, 0.2) is 11.5 Å². The number of nitrogens with two attached hydrogens (primary N) is 1. The van der Waals surface area contributed by atoms with Crippen molar-refractivity contribution in [2.24, 2.45) is 5.41 Å². The zero-order chi connectivity index (χ0) is 14.8. The van der Waals surface area contributed by atoms with Gasteiger partial charge in [0.1, 0.15) is 11.8 Å². The third-order valence-corrected chi connectivity index (χ3v) is 2.68. The van der Waals surface area contributed by atoms with Gasteiger partial charge in [0.25, 0.3) is 0 Å². The summed E-state index contributed by atoms with van der Waals surface area (Å²) >= 11 is 0. The van der Waals surface area contributed by atoms with Crippen LogP contribution >= 0.6 is 0 Å². The lowest BCUT2D eigenvalue weighted by molar-refractivity contribution is 0.000903. The molecule has 2 aromatic heterocycles. The number of aliphatic hydroxyl groups is 1. The predicted molar refractivity (Wildman–Crippen MR) is 76.0 cm³/mol. The number of aliphatic hydroxyl groups excluding tert-OH is 1. The van der Waals surface area contributed by atoms with Gasteiger partial charge in [-0.05, 0) is 5.41 Å². The summed E-state index contributed by atoms with van der Waals surface area (Å²) in [6.45, 7) is 7.49. The third kappa shape index (κ3) is 3.64. The Morgan fingerprint density at radius 3 is 2.80 bits per heavy atom. The summed E-state index contributed by atoms with van der Waals surface area (Å²) in [5, 5.41) is 10.00. The highest BCUT2D eigenvalue weighted by Gasteiger charge is 2.14. The molecule has 7 heteroatoms. The maximum absolute atomic E-state index is 10.00. The average Bonchev–Trinajstić information content (AvgIpc) is 2.72. The topological polar surface area (TPSA) is 99.1 Å². The molecule has 1 atom stereocenters. The van der Waals surface area contributed by atoms with Crippen LogP contribution < -0.4 is 5.73 Å². The second kappa shape index (κ2) is 5.72. The number of hydrogen-bond acceptors (Lipinski definition) is 6. The van der Waals surface area contributed by atoms with Crippen LogP contribution in [-0.4, -0.2) is 43.9 Å². The second-order valence-electron chi connectivity index (χ2n) is 6.06. The smallest absolute Gasteiger partial charge is 0.165 e. The van der Waals surface area contributed by atoms with Crippen LogP contribution in [0.5, 0.6) is 0 Å². The molecule has 0 aliphatic carbocycles. The quantitative estimate of drug-likeness (QED) is 0.841. The van der Waals surface area contributed by atoms with Gasteiger partial charge in [-0.15, -0.1) is 0 Å². The molecule has 0 aliphatic rings. The molecule has 0 fully saturated rings. The van der Waals surface area contributed by atoms with Crippen molar-refractivity contribution in [3.8, 4) is 0 Å². The fourth-order valence-corrected chi connectivity index (χ4v) is 1.81. The number of aromatic nitrogens is 4. The lowest BCUT2D eigenvalue weighted by Crippen LogP contribution is -2.25. The molecule has 0 amide bonds. The van der Waals surface area contributed by atoms with Crippen LogP contribution in [0.2, 0.25) is 0 Å². The number of imidazole rings is 1. The third-order valence-electron chi connectivity index (χ3n) is 2.68. The van der Waals surface area contributed by atoms with E-state index in [1.165, 1.54) is 6.33 Å². The SMILES string of the molecule is CC(C)(C)COC[C@H](O)Cn1cnc2c(N)ncnc21. The number of nitrogen functional groups attached to an aromatic ring is 1. The van der Waals surface area contributed by atoms with E-state index < -0.39 is 6.10 Å². The van der Waals surface area contributed by atoms with Gasteiger partial charge in [0.05, 0.1) is 32.2 Å². The maximum Gasteiger partial charge on any atom is 0.165 e. The van der Waals surface area contributed by atoms with E-state index in [-0.39, 0.29) is 12.0 Å². The Morgan fingerprint density at radius 2 is 2.10 bits per heavy atom. The van der Waals surface area contributed by atoms with Gasteiger partial charge in [0.2, 0.25) is 0 Å². The predicted octanol–water partition coefficient (Wildman–Crippen LogP) is 0.832. The first-order valence-electron chi connectivity index (χ1n) is 6.54. The monoisotopic (exact) mass is 279 g/mol. The molecule has 0 saturated carbocycles. The Bertz CT molecular complexity index is 576. The standard InChI is InChI=1S/C13H21N5O2/c1-13(2,3)6-20-5-9(19)4-18-8-17-10-11(14)15-7-16-12(10)18/h7-9,19H,4-6H2,1-3H3,(H2,14,15,16)/t9-/m1/s1. The van der Waals surface area contributed by atoms with Gasteiger partial charge in [-0.25, -0.2) is 15.0 Å². The van der Waals surface area contributed by atoms with Crippen LogP contribution in [0.25, 0.3) is 11.2 Å². The van der Waals surface area contributed by atoms with Crippen LogP contribution in [0.15, 0.2) is 12.7 Å². The summed E-state index contributed by atoms with van der Waals surface area (Å²) in [4.78, 5) is 12.2. The normalized spacial score (nSPS) is 13.8. The van der Waals surface area contributed by atoms with Gasteiger partial charge in [-0.3, -0.25) is 0 Å². The van der Waals surface area contributed by atoms with E-state index in [0.29, 0.717) is 30.1 Å². The Morgan fingerprint density at radius 1 is 1.35 bits per heavy atom. The number of rotatable bonds is 5. The van der Waals surface area contributed by atoms with E-state index in [0.717, 1.165) is 0 Å². The first-order valence-corrected chi connectivity index (χ1v) is 6.54. The molecule has 20 heavy (non-hydrogen) atoms. The van der Waals surface area contributed by atoms with Crippen molar-refractivity contribution < 1.29 is 9.84 Å². The van der Waals surface area contributed by atoms with E-state index >= 15 is 0 Å². The Hall–Kier alpha value is -1.73. The first kappa shape index (κ1) is 14.7. The van der Waals surface area contributed by atoms with Crippen LogP contribution in [0.1, 0.15) is 20.8 Å². The van der Waals surface area contributed by atoms with Crippen molar-refractivity contribution in [2.45, 2.75) is 33.4 Å². The Kier molecular flexibility index (Phi) is 4.20. The minimum Gasteiger partial charge on any atom is -0.389 e. The summed E-state index contributed by atoms with van der Waals surface area (Å²) in [6, 6.07) is 0. The first-order chi connectivity index (χ1) is 9.37. The molecule has 0 unspecified atom stereocenters. The summed E-state index contributed by atoms with van der Waals surface area (Å²) in [6.07, 6.45) is 2.37. The van der Waals surface area contributed by atoms with Crippen molar-refractivity contribution in [3.63, 3.8) is 0 Å². The Balaban J connectivity index is 1.96. The van der Waals surface area contributed by atoms with E-state index in [1.54, 1.807) is 10.9 Å².